The van der Waals surface area contributed by atoms with Crippen LogP contribution in [0.3, 0.4) is 0 Å². The van der Waals surface area contributed by atoms with E-state index in [0.29, 0.717) is 22.2 Å². The number of benzene rings is 2. The molecule has 1 aromatic heterocycles. The molecule has 1 heterocycles. The van der Waals surface area contributed by atoms with Gasteiger partial charge in [0.15, 0.2) is 6.61 Å². The van der Waals surface area contributed by atoms with Gasteiger partial charge in [0.2, 0.25) is 0 Å². The Labute approximate surface area is 150 Å². The molecular formula is C19H16ClNO4. The van der Waals surface area contributed by atoms with Crippen LogP contribution in [0.25, 0.3) is 10.9 Å². The number of nitrogens with zero attached hydrogens (tertiary/aromatic N) is 1. The van der Waals surface area contributed by atoms with Gasteiger partial charge in [-0.05, 0) is 36.4 Å². The van der Waals surface area contributed by atoms with E-state index in [1.807, 2.05) is 30.3 Å². The summed E-state index contributed by atoms with van der Waals surface area (Å²) in [6.07, 6.45) is 0. The van der Waals surface area contributed by atoms with Crippen LogP contribution in [0.2, 0.25) is 5.15 Å². The highest BCUT2D eigenvalue weighted by Crippen LogP contribution is 2.21. The first-order valence-corrected chi connectivity index (χ1v) is 8.00. The van der Waals surface area contributed by atoms with E-state index < -0.39 is 5.97 Å². The van der Waals surface area contributed by atoms with E-state index in [2.05, 4.69) is 4.98 Å². The molecule has 6 heteroatoms. The van der Waals surface area contributed by atoms with Gasteiger partial charge in [-0.15, -0.1) is 0 Å². The summed E-state index contributed by atoms with van der Waals surface area (Å²) in [4.78, 5) is 16.1. The predicted molar refractivity (Wildman–Crippen MR) is 95.0 cm³/mol. The molecule has 3 aromatic rings. The minimum absolute atomic E-state index is 0.0431. The molecule has 0 saturated carbocycles. The van der Waals surface area contributed by atoms with Gasteiger partial charge >= 0.3 is 5.97 Å². The van der Waals surface area contributed by atoms with E-state index in [4.69, 9.17) is 25.8 Å². The zero-order valence-corrected chi connectivity index (χ0v) is 14.3. The maximum absolute atomic E-state index is 11.9. The highest BCUT2D eigenvalue weighted by Gasteiger charge is 2.09. The number of aromatic nitrogens is 1. The van der Waals surface area contributed by atoms with Crippen molar-refractivity contribution in [2.75, 3.05) is 13.7 Å². The number of rotatable bonds is 6. The third kappa shape index (κ3) is 4.39. The van der Waals surface area contributed by atoms with Crippen molar-refractivity contribution in [3.05, 3.63) is 65.3 Å². The first-order valence-electron chi connectivity index (χ1n) is 7.62. The second-order valence-electron chi connectivity index (χ2n) is 5.26. The zero-order chi connectivity index (χ0) is 17.6. The topological polar surface area (TPSA) is 57.7 Å². The normalized spacial score (nSPS) is 10.5. The molecule has 5 nitrogen and oxygen atoms in total. The van der Waals surface area contributed by atoms with Gasteiger partial charge in [0.05, 0.1) is 12.6 Å². The molecule has 0 bridgehead atoms. The number of fused-ring (bicyclic) bond motifs is 1. The quantitative estimate of drug-likeness (QED) is 0.492. The third-order valence-corrected chi connectivity index (χ3v) is 3.88. The number of para-hydroxylation sites is 1. The summed E-state index contributed by atoms with van der Waals surface area (Å²) in [5.41, 5.74) is 1.45. The number of halogens is 1. The van der Waals surface area contributed by atoms with Gasteiger partial charge in [-0.1, -0.05) is 29.8 Å². The van der Waals surface area contributed by atoms with Crippen LogP contribution in [0.4, 0.5) is 0 Å². The maximum Gasteiger partial charge on any atom is 0.344 e. The number of carbonyl (C=O) groups excluding carboxylic acids is 1. The predicted octanol–water partition coefficient (Wildman–Crippen LogP) is 4.02. The van der Waals surface area contributed by atoms with E-state index >= 15 is 0 Å². The highest BCUT2D eigenvalue weighted by atomic mass is 35.5. The fourth-order valence-corrected chi connectivity index (χ4v) is 2.45. The molecule has 25 heavy (non-hydrogen) atoms. The number of ether oxygens (including phenoxy) is 3. The summed E-state index contributed by atoms with van der Waals surface area (Å²) in [6, 6.07) is 16.4. The molecule has 0 aliphatic heterocycles. The molecule has 0 aliphatic rings. The Balaban J connectivity index is 1.55. The highest BCUT2D eigenvalue weighted by molar-refractivity contribution is 6.30. The lowest BCUT2D eigenvalue weighted by molar-refractivity contribution is -0.147. The van der Waals surface area contributed by atoms with Crippen molar-refractivity contribution in [2.24, 2.45) is 0 Å². The molecular weight excluding hydrogens is 342 g/mol. The largest absolute Gasteiger partial charge is 0.497 e. The van der Waals surface area contributed by atoms with Gasteiger partial charge in [0.25, 0.3) is 0 Å². The van der Waals surface area contributed by atoms with Gasteiger partial charge in [-0.2, -0.15) is 0 Å². The van der Waals surface area contributed by atoms with E-state index in [1.54, 1.807) is 31.4 Å². The minimum atomic E-state index is -0.486. The SMILES string of the molecule is COc1ccc(OCC(=O)OCc2cc3ccccc3nc2Cl)cc1. The second-order valence-corrected chi connectivity index (χ2v) is 5.61. The summed E-state index contributed by atoms with van der Waals surface area (Å²) >= 11 is 6.14. The Morgan fingerprint density at radius 3 is 2.56 bits per heavy atom. The summed E-state index contributed by atoms with van der Waals surface area (Å²) in [5.74, 6) is 0.788. The van der Waals surface area contributed by atoms with Crippen molar-refractivity contribution in [3.63, 3.8) is 0 Å². The number of pyridine rings is 1. The molecule has 0 atom stereocenters. The molecule has 0 spiro atoms. The monoisotopic (exact) mass is 357 g/mol. The first kappa shape index (κ1) is 17.0. The average molecular weight is 358 g/mol. The Hall–Kier alpha value is -2.79. The minimum Gasteiger partial charge on any atom is -0.497 e. The third-order valence-electron chi connectivity index (χ3n) is 3.55. The van der Waals surface area contributed by atoms with Crippen molar-refractivity contribution >= 4 is 28.5 Å². The lowest BCUT2D eigenvalue weighted by atomic mass is 10.2. The fraction of sp³-hybridized carbons (Fsp3) is 0.158. The van der Waals surface area contributed by atoms with Gasteiger partial charge in [0.1, 0.15) is 23.3 Å². The number of hydrogen-bond acceptors (Lipinski definition) is 5. The van der Waals surface area contributed by atoms with Gasteiger partial charge in [-0.3, -0.25) is 0 Å². The van der Waals surface area contributed by atoms with Crippen LogP contribution in [-0.2, 0) is 16.1 Å². The second kappa shape index (κ2) is 7.85. The van der Waals surface area contributed by atoms with Crippen molar-refractivity contribution in [3.8, 4) is 11.5 Å². The molecule has 0 amide bonds. The van der Waals surface area contributed by atoms with E-state index in [0.717, 1.165) is 10.9 Å². The van der Waals surface area contributed by atoms with Crippen LogP contribution in [-0.4, -0.2) is 24.7 Å². The summed E-state index contributed by atoms with van der Waals surface area (Å²) in [5, 5.41) is 1.26. The van der Waals surface area contributed by atoms with E-state index in [9.17, 15) is 4.79 Å². The number of esters is 1. The van der Waals surface area contributed by atoms with Crippen LogP contribution < -0.4 is 9.47 Å². The molecule has 0 radical (unpaired) electrons. The molecule has 2 aromatic carbocycles. The van der Waals surface area contributed by atoms with Crippen LogP contribution in [0.15, 0.2) is 54.6 Å². The molecule has 3 rings (SSSR count). The average Bonchev–Trinajstić information content (AvgIpc) is 2.65. The van der Waals surface area contributed by atoms with Crippen LogP contribution in [0, 0.1) is 0 Å². The summed E-state index contributed by atoms with van der Waals surface area (Å²) < 4.78 is 15.6. The maximum atomic E-state index is 11.9. The van der Waals surface area contributed by atoms with Gasteiger partial charge < -0.3 is 14.2 Å². The van der Waals surface area contributed by atoms with Crippen molar-refractivity contribution < 1.29 is 19.0 Å². The summed E-state index contributed by atoms with van der Waals surface area (Å²) in [6.45, 7) is -0.146. The smallest absolute Gasteiger partial charge is 0.344 e. The zero-order valence-electron chi connectivity index (χ0n) is 13.6. The molecule has 128 valence electrons. The molecule has 0 aliphatic carbocycles. The lowest BCUT2D eigenvalue weighted by Gasteiger charge is -2.09. The van der Waals surface area contributed by atoms with Crippen molar-refractivity contribution in [2.45, 2.75) is 6.61 Å². The fourth-order valence-electron chi connectivity index (χ4n) is 2.25. The molecule has 0 saturated heterocycles. The molecule has 0 fully saturated rings. The van der Waals surface area contributed by atoms with E-state index in [-0.39, 0.29) is 13.2 Å². The number of carbonyl (C=O) groups is 1. The Morgan fingerprint density at radius 1 is 1.08 bits per heavy atom. The van der Waals surface area contributed by atoms with Crippen LogP contribution in [0.5, 0.6) is 11.5 Å². The summed E-state index contributed by atoms with van der Waals surface area (Å²) in [7, 11) is 1.58. The Morgan fingerprint density at radius 2 is 1.80 bits per heavy atom. The number of methoxy groups -OCH3 is 1. The standard InChI is InChI=1S/C19H16ClNO4/c1-23-15-6-8-16(9-7-15)24-12-18(22)25-11-14-10-13-4-2-3-5-17(13)21-19(14)20/h2-10H,11-12H2,1H3. The van der Waals surface area contributed by atoms with Crippen LogP contribution >= 0.6 is 11.6 Å². The van der Waals surface area contributed by atoms with Gasteiger partial charge in [0, 0.05) is 10.9 Å². The van der Waals surface area contributed by atoms with Crippen molar-refractivity contribution in [1.29, 1.82) is 0 Å². The Bertz CT molecular complexity index is 880. The van der Waals surface area contributed by atoms with E-state index in [1.165, 1.54) is 0 Å². The molecule has 0 unspecified atom stereocenters. The first-order chi connectivity index (χ1) is 12.2. The van der Waals surface area contributed by atoms with Crippen LogP contribution in [0.1, 0.15) is 5.56 Å². The Kier molecular flexibility index (Phi) is 5.36. The lowest BCUT2D eigenvalue weighted by Crippen LogP contribution is -2.15. The molecule has 0 N–H and O–H groups in total. The number of hydrogen-bond donors (Lipinski definition) is 0. The van der Waals surface area contributed by atoms with Crippen molar-refractivity contribution in [1.82, 2.24) is 4.98 Å². The van der Waals surface area contributed by atoms with Gasteiger partial charge in [-0.25, -0.2) is 9.78 Å².